The van der Waals surface area contributed by atoms with Gasteiger partial charge in [-0.2, -0.15) is 0 Å². The molecular formula is C13H14N2O2. The first kappa shape index (κ1) is 11.5. The van der Waals surface area contributed by atoms with E-state index in [0.29, 0.717) is 13.1 Å². The number of carboxylic acid groups (broad SMARTS) is 1. The van der Waals surface area contributed by atoms with E-state index >= 15 is 0 Å². The third kappa shape index (κ3) is 2.58. The molecule has 88 valence electrons. The Balaban J connectivity index is 2.13. The van der Waals surface area contributed by atoms with E-state index in [0.717, 1.165) is 11.3 Å². The Morgan fingerprint density at radius 2 is 2.35 bits per heavy atom. The van der Waals surface area contributed by atoms with Crippen molar-refractivity contribution in [1.29, 1.82) is 0 Å². The van der Waals surface area contributed by atoms with E-state index in [4.69, 9.17) is 11.5 Å². The van der Waals surface area contributed by atoms with Gasteiger partial charge in [-0.3, -0.25) is 4.79 Å². The Kier molecular flexibility index (Phi) is 3.03. The van der Waals surface area contributed by atoms with Crippen LogP contribution in [0.4, 0.5) is 5.69 Å². The van der Waals surface area contributed by atoms with Crippen molar-refractivity contribution in [3.05, 3.63) is 29.8 Å². The van der Waals surface area contributed by atoms with Crippen molar-refractivity contribution in [2.45, 2.75) is 12.0 Å². The lowest BCUT2D eigenvalue weighted by Gasteiger charge is -2.43. The smallest absolute Gasteiger partial charge is 0.305 e. The zero-order chi connectivity index (χ0) is 12.3. The lowest BCUT2D eigenvalue weighted by atomic mass is 9.88. The van der Waals surface area contributed by atoms with Crippen LogP contribution in [0.3, 0.4) is 0 Å². The second-order valence-electron chi connectivity index (χ2n) is 4.30. The van der Waals surface area contributed by atoms with Crippen molar-refractivity contribution >= 4 is 11.7 Å². The van der Waals surface area contributed by atoms with Gasteiger partial charge in [0, 0.05) is 24.3 Å². The highest BCUT2D eigenvalue weighted by molar-refractivity contribution is 5.70. The predicted octanol–water partition coefficient (Wildman–Crippen LogP) is 0.896. The maximum Gasteiger partial charge on any atom is 0.305 e. The third-order valence-electron chi connectivity index (χ3n) is 2.86. The summed E-state index contributed by atoms with van der Waals surface area (Å²) in [7, 11) is 0. The summed E-state index contributed by atoms with van der Waals surface area (Å²) in [6, 6.07) is 7.44. The van der Waals surface area contributed by atoms with Crippen molar-refractivity contribution in [3.8, 4) is 12.3 Å². The summed E-state index contributed by atoms with van der Waals surface area (Å²) in [5.74, 6) is 1.76. The van der Waals surface area contributed by atoms with Crippen LogP contribution < -0.4 is 10.6 Å². The van der Waals surface area contributed by atoms with Gasteiger partial charge in [-0.1, -0.05) is 12.0 Å². The molecule has 0 aliphatic carbocycles. The minimum Gasteiger partial charge on any atom is -0.481 e. The fraction of sp³-hybridized carbons (Fsp3) is 0.308. The van der Waals surface area contributed by atoms with E-state index < -0.39 is 5.97 Å². The number of carboxylic acids is 1. The minimum absolute atomic E-state index is 0.0975. The Bertz CT molecular complexity index is 473. The van der Waals surface area contributed by atoms with Crippen molar-refractivity contribution in [1.82, 2.24) is 5.32 Å². The first-order chi connectivity index (χ1) is 8.13. The van der Waals surface area contributed by atoms with Crippen molar-refractivity contribution in [2.75, 3.05) is 18.4 Å². The largest absolute Gasteiger partial charge is 0.481 e. The highest BCUT2D eigenvalue weighted by atomic mass is 16.4. The maximum absolute atomic E-state index is 10.8. The molecule has 3 N–H and O–H groups in total. The van der Waals surface area contributed by atoms with Crippen LogP contribution in [0.25, 0.3) is 0 Å². The summed E-state index contributed by atoms with van der Waals surface area (Å²) < 4.78 is 0. The Morgan fingerprint density at radius 1 is 1.59 bits per heavy atom. The highest BCUT2D eigenvalue weighted by Crippen LogP contribution is 2.23. The summed E-state index contributed by atoms with van der Waals surface area (Å²) in [5, 5.41) is 15.2. The average molecular weight is 230 g/mol. The molecule has 1 aromatic carbocycles. The van der Waals surface area contributed by atoms with Crippen LogP contribution in [-0.4, -0.2) is 29.7 Å². The van der Waals surface area contributed by atoms with Gasteiger partial charge in [0.2, 0.25) is 0 Å². The van der Waals surface area contributed by atoms with Gasteiger partial charge < -0.3 is 15.7 Å². The van der Waals surface area contributed by atoms with E-state index in [9.17, 15) is 4.79 Å². The normalized spacial score (nSPS) is 16.6. The second kappa shape index (κ2) is 4.48. The van der Waals surface area contributed by atoms with Crippen molar-refractivity contribution in [3.63, 3.8) is 0 Å². The summed E-state index contributed by atoms with van der Waals surface area (Å²) >= 11 is 0. The topological polar surface area (TPSA) is 61.4 Å². The summed E-state index contributed by atoms with van der Waals surface area (Å²) in [6.07, 6.45) is 5.42. The molecule has 0 spiro atoms. The van der Waals surface area contributed by atoms with E-state index in [-0.39, 0.29) is 12.0 Å². The molecule has 0 radical (unpaired) electrons. The summed E-state index contributed by atoms with van der Waals surface area (Å²) in [5.41, 5.74) is 1.26. The predicted molar refractivity (Wildman–Crippen MR) is 65.9 cm³/mol. The van der Waals surface area contributed by atoms with Gasteiger partial charge in [0.25, 0.3) is 0 Å². The fourth-order valence-corrected chi connectivity index (χ4v) is 1.97. The van der Waals surface area contributed by atoms with Crippen LogP contribution in [0.5, 0.6) is 0 Å². The molecule has 0 saturated carbocycles. The van der Waals surface area contributed by atoms with Crippen LogP contribution in [0, 0.1) is 12.3 Å². The molecule has 1 aliphatic heterocycles. The van der Waals surface area contributed by atoms with Gasteiger partial charge in [-0.15, -0.1) is 6.42 Å². The number of hydrogen-bond donors (Lipinski definition) is 3. The van der Waals surface area contributed by atoms with Gasteiger partial charge in [0.15, 0.2) is 0 Å². The van der Waals surface area contributed by atoms with Gasteiger partial charge in [0.05, 0.1) is 12.0 Å². The van der Waals surface area contributed by atoms with Crippen LogP contribution in [0.2, 0.25) is 0 Å². The number of aliphatic carboxylic acids is 1. The molecule has 0 atom stereocenters. The molecule has 1 aliphatic rings. The summed E-state index contributed by atoms with van der Waals surface area (Å²) in [6.45, 7) is 1.30. The Morgan fingerprint density at radius 3 is 2.88 bits per heavy atom. The lowest BCUT2D eigenvalue weighted by molar-refractivity contribution is -0.138. The molecule has 1 fully saturated rings. The summed E-state index contributed by atoms with van der Waals surface area (Å²) in [4.78, 5) is 10.8. The number of rotatable bonds is 4. The van der Waals surface area contributed by atoms with E-state index in [2.05, 4.69) is 16.6 Å². The monoisotopic (exact) mass is 230 g/mol. The first-order valence-corrected chi connectivity index (χ1v) is 5.41. The molecule has 2 rings (SSSR count). The SMILES string of the molecule is C#Cc1cccc(NC2(CC(=O)O)CNC2)c1. The molecule has 1 saturated heterocycles. The van der Waals surface area contributed by atoms with Crippen LogP contribution in [0.15, 0.2) is 24.3 Å². The quantitative estimate of drug-likeness (QED) is 0.672. The first-order valence-electron chi connectivity index (χ1n) is 5.41. The minimum atomic E-state index is -0.799. The Labute approximate surface area is 100 Å². The van der Waals surface area contributed by atoms with E-state index in [1.54, 1.807) is 0 Å². The van der Waals surface area contributed by atoms with E-state index in [1.165, 1.54) is 0 Å². The number of carbonyl (C=O) groups is 1. The number of anilines is 1. The zero-order valence-corrected chi connectivity index (χ0v) is 9.36. The molecular weight excluding hydrogens is 216 g/mol. The van der Waals surface area contributed by atoms with Crippen molar-refractivity contribution < 1.29 is 9.90 Å². The standard InChI is InChI=1S/C13H14N2O2/c1-2-10-4-3-5-11(6-10)15-13(7-12(16)17)8-14-9-13/h1,3-6,14-15H,7-9H2,(H,16,17). The van der Waals surface area contributed by atoms with Gasteiger partial charge in [0.1, 0.15) is 0 Å². The number of terminal acetylenes is 1. The fourth-order valence-electron chi connectivity index (χ4n) is 1.97. The number of benzene rings is 1. The van der Waals surface area contributed by atoms with E-state index in [1.807, 2.05) is 24.3 Å². The maximum atomic E-state index is 10.8. The number of nitrogens with one attached hydrogen (secondary N) is 2. The second-order valence-corrected chi connectivity index (χ2v) is 4.30. The van der Waals surface area contributed by atoms with Gasteiger partial charge in [-0.05, 0) is 18.2 Å². The van der Waals surface area contributed by atoms with Crippen LogP contribution >= 0.6 is 0 Å². The van der Waals surface area contributed by atoms with Gasteiger partial charge >= 0.3 is 5.97 Å². The molecule has 0 unspecified atom stereocenters. The highest BCUT2D eigenvalue weighted by Gasteiger charge is 2.38. The Hall–Kier alpha value is -1.99. The molecule has 17 heavy (non-hydrogen) atoms. The van der Waals surface area contributed by atoms with Gasteiger partial charge in [-0.25, -0.2) is 0 Å². The average Bonchev–Trinajstić information content (AvgIpc) is 2.26. The molecule has 0 bridgehead atoms. The molecule has 0 aromatic heterocycles. The molecule has 0 amide bonds. The molecule has 4 heteroatoms. The lowest BCUT2D eigenvalue weighted by Crippen LogP contribution is -2.65. The van der Waals surface area contributed by atoms with Crippen LogP contribution in [0.1, 0.15) is 12.0 Å². The van der Waals surface area contributed by atoms with Crippen LogP contribution in [-0.2, 0) is 4.79 Å². The molecule has 1 aromatic rings. The molecule has 1 heterocycles. The number of hydrogen-bond acceptors (Lipinski definition) is 3. The molecule has 4 nitrogen and oxygen atoms in total. The van der Waals surface area contributed by atoms with Crippen molar-refractivity contribution in [2.24, 2.45) is 0 Å². The zero-order valence-electron chi connectivity index (χ0n) is 9.36. The third-order valence-corrected chi connectivity index (χ3v) is 2.86.